The highest BCUT2D eigenvalue weighted by Gasteiger charge is 2.42. The average molecular weight is 647 g/mol. The summed E-state index contributed by atoms with van der Waals surface area (Å²) in [5, 5.41) is 0. The van der Waals surface area contributed by atoms with Gasteiger partial charge < -0.3 is 18.9 Å². The van der Waals surface area contributed by atoms with Gasteiger partial charge in [-0.3, -0.25) is 0 Å². The monoisotopic (exact) mass is 646 g/mol. The predicted octanol–water partition coefficient (Wildman–Crippen LogP) is 10.0. The Morgan fingerprint density at radius 2 is 1.41 bits per heavy atom. The minimum atomic E-state index is -4.38. The number of rotatable bonds is 11. The first-order chi connectivity index (χ1) is 22.1. The van der Waals surface area contributed by atoms with E-state index >= 15 is 8.78 Å². The fraction of sp³-hybridized carbons (Fsp3) is 0.257. The Bertz CT molecular complexity index is 1660. The molecule has 1 saturated heterocycles. The van der Waals surface area contributed by atoms with Gasteiger partial charge >= 0.3 is 6.11 Å². The summed E-state index contributed by atoms with van der Waals surface area (Å²) in [6.45, 7) is 1.29. The van der Waals surface area contributed by atoms with Crippen molar-refractivity contribution in [1.82, 2.24) is 0 Å². The molecule has 0 unspecified atom stereocenters. The fourth-order valence-corrected chi connectivity index (χ4v) is 5.10. The summed E-state index contributed by atoms with van der Waals surface area (Å²) in [6.07, 6.45) is 0.106. The Morgan fingerprint density at radius 1 is 0.783 bits per heavy atom. The Kier molecular flexibility index (Phi) is 10.3. The normalized spacial score (nSPS) is 17.0. The molecular weight excluding hydrogens is 617 g/mol. The number of hydrogen-bond donors (Lipinski definition) is 0. The lowest BCUT2D eigenvalue weighted by Crippen LogP contribution is -2.28. The summed E-state index contributed by atoms with van der Waals surface area (Å²) < 4.78 is 122. The van der Waals surface area contributed by atoms with Crippen molar-refractivity contribution < 1.29 is 49.7 Å². The number of halogens is 7. The predicted molar refractivity (Wildman–Crippen MR) is 157 cm³/mol. The highest BCUT2D eigenvalue weighted by Crippen LogP contribution is 2.38. The van der Waals surface area contributed by atoms with Crippen LogP contribution in [0.3, 0.4) is 0 Å². The van der Waals surface area contributed by atoms with E-state index in [1.54, 1.807) is 0 Å². The van der Waals surface area contributed by atoms with Crippen LogP contribution in [0.2, 0.25) is 0 Å². The quantitative estimate of drug-likeness (QED) is 0.120. The van der Waals surface area contributed by atoms with Gasteiger partial charge in [-0.15, -0.1) is 0 Å². The molecule has 242 valence electrons. The minimum absolute atomic E-state index is 0.0648. The molecule has 5 rings (SSSR count). The molecule has 0 spiro atoms. The van der Waals surface area contributed by atoms with E-state index in [2.05, 4.69) is 4.74 Å². The molecular formula is C35H29F7O4. The Hall–Kier alpha value is -4.35. The molecule has 11 heteroatoms. The Labute approximate surface area is 261 Å². The van der Waals surface area contributed by atoms with Crippen LogP contribution in [0.15, 0.2) is 84.9 Å². The van der Waals surface area contributed by atoms with Crippen molar-refractivity contribution in [3.63, 3.8) is 0 Å². The first kappa shape index (κ1) is 33.0. The zero-order chi connectivity index (χ0) is 32.8. The summed E-state index contributed by atoms with van der Waals surface area (Å²) in [5.74, 6) is -5.24. The van der Waals surface area contributed by atoms with Gasteiger partial charge in [0.1, 0.15) is 28.8 Å². The molecule has 1 heterocycles. The maximum Gasteiger partial charge on any atom is 0.432 e. The first-order valence-electron chi connectivity index (χ1n) is 14.4. The van der Waals surface area contributed by atoms with E-state index < -0.39 is 53.8 Å². The van der Waals surface area contributed by atoms with E-state index in [-0.39, 0.29) is 28.4 Å². The van der Waals surface area contributed by atoms with E-state index in [9.17, 15) is 22.0 Å². The van der Waals surface area contributed by atoms with Gasteiger partial charge in [-0.25, -0.2) is 22.0 Å². The average Bonchev–Trinajstić information content (AvgIpc) is 3.02. The second-order valence-corrected chi connectivity index (χ2v) is 10.6. The van der Waals surface area contributed by atoms with Crippen LogP contribution in [0.5, 0.6) is 11.5 Å². The van der Waals surface area contributed by atoms with E-state index in [0.717, 1.165) is 43.2 Å². The summed E-state index contributed by atoms with van der Waals surface area (Å²) in [7, 11) is 0. The van der Waals surface area contributed by atoms with Crippen LogP contribution in [0.25, 0.3) is 22.3 Å². The van der Waals surface area contributed by atoms with Gasteiger partial charge in [0.05, 0.1) is 13.2 Å². The Balaban J connectivity index is 1.26. The molecule has 4 nitrogen and oxygen atoms in total. The lowest BCUT2D eigenvalue weighted by Gasteiger charge is -2.30. The molecule has 0 aliphatic carbocycles. The standard InChI is InChI=1S/C35H29F7O4/c1-2-3-4-5-21-18-43-34(44-19-21)25-16-30(39)33(31(40)17-25)35(41,42)46-26-10-6-22(7-11-26)23-8-12-27(28(37)14-23)24-9-13-32(45-20-36)29(38)15-24/h2-3,6-17,21,34H,4-5,18-20H2,1H3/b3-2+. The van der Waals surface area contributed by atoms with E-state index in [0.29, 0.717) is 24.3 Å². The largest absolute Gasteiger partial charge is 0.460 e. The number of alkyl halides is 3. The third-order valence-electron chi connectivity index (χ3n) is 7.43. The number of hydrogen-bond acceptors (Lipinski definition) is 4. The van der Waals surface area contributed by atoms with Crippen molar-refractivity contribution in [3.05, 3.63) is 119 Å². The molecule has 0 saturated carbocycles. The fourth-order valence-electron chi connectivity index (χ4n) is 5.10. The maximum atomic E-state index is 15.0. The van der Waals surface area contributed by atoms with Gasteiger partial charge in [0.15, 0.2) is 17.9 Å². The van der Waals surface area contributed by atoms with E-state index in [4.69, 9.17) is 14.2 Å². The summed E-state index contributed by atoms with van der Waals surface area (Å²) in [5.41, 5.74) is -0.612. The van der Waals surface area contributed by atoms with E-state index in [1.165, 1.54) is 42.5 Å². The summed E-state index contributed by atoms with van der Waals surface area (Å²) >= 11 is 0. The molecule has 0 radical (unpaired) electrons. The zero-order valence-electron chi connectivity index (χ0n) is 24.6. The molecule has 4 aromatic carbocycles. The summed E-state index contributed by atoms with van der Waals surface area (Å²) in [6, 6.07) is 14.2. The van der Waals surface area contributed by atoms with Crippen LogP contribution in [0.1, 0.15) is 37.2 Å². The van der Waals surface area contributed by atoms with Crippen molar-refractivity contribution >= 4 is 0 Å². The molecule has 0 atom stereocenters. The van der Waals surface area contributed by atoms with Crippen molar-refractivity contribution in [3.8, 4) is 33.8 Å². The smallest absolute Gasteiger partial charge is 0.432 e. The van der Waals surface area contributed by atoms with Crippen molar-refractivity contribution in [1.29, 1.82) is 0 Å². The van der Waals surface area contributed by atoms with Crippen LogP contribution >= 0.6 is 0 Å². The Morgan fingerprint density at radius 3 is 2.02 bits per heavy atom. The van der Waals surface area contributed by atoms with Gasteiger partial charge in [-0.2, -0.15) is 8.78 Å². The second-order valence-electron chi connectivity index (χ2n) is 10.6. The molecule has 0 bridgehead atoms. The minimum Gasteiger partial charge on any atom is -0.460 e. The van der Waals surface area contributed by atoms with Crippen LogP contribution in [-0.4, -0.2) is 20.1 Å². The lowest BCUT2D eigenvalue weighted by molar-refractivity contribution is -0.206. The second kappa shape index (κ2) is 14.4. The number of ether oxygens (including phenoxy) is 4. The van der Waals surface area contributed by atoms with Crippen LogP contribution in [0, 0.1) is 29.2 Å². The SMILES string of the molecule is C/C=C/CCC1COC(c2cc(F)c(C(F)(F)Oc3ccc(-c4ccc(-c5ccc(OCF)c(F)c5)c(F)c4)cc3)c(F)c2)OC1. The number of benzene rings is 4. The van der Waals surface area contributed by atoms with Gasteiger partial charge in [0, 0.05) is 17.0 Å². The third kappa shape index (κ3) is 7.54. The van der Waals surface area contributed by atoms with Gasteiger partial charge in [0.2, 0.25) is 6.86 Å². The van der Waals surface area contributed by atoms with Crippen molar-refractivity contribution in [2.24, 2.45) is 5.92 Å². The van der Waals surface area contributed by atoms with Gasteiger partial charge in [0.25, 0.3) is 0 Å². The topological polar surface area (TPSA) is 36.9 Å². The maximum absolute atomic E-state index is 15.0. The highest BCUT2D eigenvalue weighted by atomic mass is 19.3. The lowest BCUT2D eigenvalue weighted by atomic mass is 9.99. The van der Waals surface area contributed by atoms with Crippen molar-refractivity contribution in [2.45, 2.75) is 32.2 Å². The highest BCUT2D eigenvalue weighted by molar-refractivity contribution is 5.71. The molecule has 0 N–H and O–H groups in total. The number of allylic oxidation sites excluding steroid dienone is 2. The van der Waals surface area contributed by atoms with Gasteiger partial charge in [-0.1, -0.05) is 42.5 Å². The molecule has 1 aliphatic rings. The zero-order valence-corrected chi connectivity index (χ0v) is 24.6. The van der Waals surface area contributed by atoms with Crippen molar-refractivity contribution in [2.75, 3.05) is 20.1 Å². The molecule has 4 aromatic rings. The summed E-state index contributed by atoms with van der Waals surface area (Å²) in [4.78, 5) is 0. The van der Waals surface area contributed by atoms with Gasteiger partial charge in [-0.05, 0) is 78.9 Å². The van der Waals surface area contributed by atoms with E-state index in [1.807, 2.05) is 19.1 Å². The molecule has 1 aliphatic heterocycles. The van der Waals surface area contributed by atoms with Crippen LogP contribution in [-0.2, 0) is 15.6 Å². The third-order valence-corrected chi connectivity index (χ3v) is 7.43. The van der Waals surface area contributed by atoms with Crippen LogP contribution < -0.4 is 9.47 Å². The molecule has 46 heavy (non-hydrogen) atoms. The molecule has 1 fully saturated rings. The molecule has 0 aromatic heterocycles. The molecule has 0 amide bonds. The van der Waals surface area contributed by atoms with Crippen LogP contribution in [0.4, 0.5) is 30.7 Å². The first-order valence-corrected chi connectivity index (χ1v) is 14.4.